The summed E-state index contributed by atoms with van der Waals surface area (Å²) in [5, 5.41) is 4.38. The third kappa shape index (κ3) is 2.81. The van der Waals surface area contributed by atoms with Gasteiger partial charge in [-0.05, 0) is 12.5 Å². The lowest BCUT2D eigenvalue weighted by Crippen LogP contribution is -1.98. The summed E-state index contributed by atoms with van der Waals surface area (Å²) in [4.78, 5) is 0. The number of halogens is 1. The fourth-order valence-corrected chi connectivity index (χ4v) is 1.33. The van der Waals surface area contributed by atoms with Crippen LogP contribution in [0.2, 0.25) is 0 Å². The maximum atomic E-state index is 4.38. The molecule has 1 rings (SSSR count). The van der Waals surface area contributed by atoms with Crippen molar-refractivity contribution in [2.24, 2.45) is 0 Å². The zero-order chi connectivity index (χ0) is 8.10. The van der Waals surface area contributed by atoms with E-state index in [2.05, 4.69) is 46.9 Å². The summed E-state index contributed by atoms with van der Waals surface area (Å²) < 4.78 is 3.04. The van der Waals surface area contributed by atoms with Gasteiger partial charge in [0.25, 0.3) is 0 Å². The lowest BCUT2D eigenvalue weighted by Gasteiger charge is -1.97. The molecule has 1 heterocycles. The van der Waals surface area contributed by atoms with Crippen molar-refractivity contribution < 1.29 is 0 Å². The zero-order valence-electron chi connectivity index (χ0n) is 6.76. The number of aromatic nitrogens is 2. The lowest BCUT2D eigenvalue weighted by atomic mass is 10.3. The van der Waals surface area contributed by atoms with Gasteiger partial charge in [-0.25, -0.2) is 0 Å². The topological polar surface area (TPSA) is 17.8 Å². The van der Waals surface area contributed by atoms with Crippen molar-refractivity contribution in [3.63, 3.8) is 0 Å². The van der Waals surface area contributed by atoms with Crippen LogP contribution in [-0.2, 0) is 11.0 Å². The first-order valence-electron chi connectivity index (χ1n) is 3.95. The average molecular weight is 264 g/mol. The third-order valence-corrected chi connectivity index (χ3v) is 2.36. The van der Waals surface area contributed by atoms with Crippen molar-refractivity contribution in [1.82, 2.24) is 9.78 Å². The van der Waals surface area contributed by atoms with Crippen LogP contribution in [0.3, 0.4) is 0 Å². The molecule has 3 heteroatoms. The molecule has 0 aromatic carbocycles. The van der Waals surface area contributed by atoms with Crippen molar-refractivity contribution in [3.05, 3.63) is 18.0 Å². The van der Waals surface area contributed by atoms with Crippen LogP contribution in [0.5, 0.6) is 0 Å². The normalized spacial score (nSPS) is 10.4. The Kier molecular flexibility index (Phi) is 3.90. The molecule has 0 fully saturated rings. The van der Waals surface area contributed by atoms with Gasteiger partial charge in [0.15, 0.2) is 0 Å². The zero-order valence-corrected chi connectivity index (χ0v) is 8.91. The molecule has 1 aromatic heterocycles. The Labute approximate surface area is 81.1 Å². The van der Waals surface area contributed by atoms with E-state index in [4.69, 9.17) is 0 Å². The van der Waals surface area contributed by atoms with E-state index in [-0.39, 0.29) is 0 Å². The Balaban J connectivity index is 2.44. The van der Waals surface area contributed by atoms with Gasteiger partial charge in [-0.1, -0.05) is 35.9 Å². The van der Waals surface area contributed by atoms with E-state index in [1.807, 2.05) is 4.68 Å². The fraction of sp³-hybridized carbons (Fsp3) is 0.625. The van der Waals surface area contributed by atoms with E-state index in [9.17, 15) is 0 Å². The molecule has 1 aromatic rings. The van der Waals surface area contributed by atoms with Crippen molar-refractivity contribution in [2.45, 2.75) is 30.7 Å². The number of alkyl halides is 1. The molecule has 0 saturated carbocycles. The lowest BCUT2D eigenvalue weighted by molar-refractivity contribution is 0.568. The molecular weight excluding hydrogens is 251 g/mol. The third-order valence-electron chi connectivity index (χ3n) is 1.57. The average Bonchev–Trinajstić information content (AvgIpc) is 2.48. The highest BCUT2D eigenvalue weighted by Gasteiger charge is 1.94. The van der Waals surface area contributed by atoms with Gasteiger partial charge in [-0.15, -0.1) is 0 Å². The van der Waals surface area contributed by atoms with Gasteiger partial charge in [0.05, 0.1) is 5.69 Å². The van der Waals surface area contributed by atoms with Crippen molar-refractivity contribution >= 4 is 22.6 Å². The maximum absolute atomic E-state index is 4.38. The Morgan fingerprint density at radius 2 is 2.45 bits per heavy atom. The van der Waals surface area contributed by atoms with Crippen LogP contribution in [0.15, 0.2) is 12.3 Å². The van der Waals surface area contributed by atoms with E-state index in [1.54, 1.807) is 0 Å². The quantitative estimate of drug-likeness (QED) is 0.603. The second kappa shape index (κ2) is 4.74. The van der Waals surface area contributed by atoms with Crippen LogP contribution >= 0.6 is 22.6 Å². The standard InChI is InChI=1S/C8H13IN2/c1-2-3-5-11-6-4-8(7-9)10-11/h4,6H,2-3,5,7H2,1H3. The first kappa shape index (κ1) is 9.03. The molecule has 11 heavy (non-hydrogen) atoms. The summed E-state index contributed by atoms with van der Waals surface area (Å²) in [7, 11) is 0. The molecule has 0 aliphatic rings. The summed E-state index contributed by atoms with van der Waals surface area (Å²) in [5.74, 6) is 0. The minimum absolute atomic E-state index is 1.01. The Bertz CT molecular complexity index is 208. The highest BCUT2D eigenvalue weighted by atomic mass is 127. The van der Waals surface area contributed by atoms with Crippen LogP contribution in [0.1, 0.15) is 25.5 Å². The minimum Gasteiger partial charge on any atom is -0.272 e. The fourth-order valence-electron chi connectivity index (χ4n) is 0.920. The second-order valence-corrected chi connectivity index (χ2v) is 3.32. The van der Waals surface area contributed by atoms with E-state index in [0.717, 1.165) is 11.0 Å². The van der Waals surface area contributed by atoms with Crippen LogP contribution < -0.4 is 0 Å². The molecule has 0 spiro atoms. The highest BCUT2D eigenvalue weighted by Crippen LogP contribution is 2.02. The number of unbranched alkanes of at least 4 members (excludes halogenated alkanes) is 1. The molecule has 0 aliphatic heterocycles. The van der Waals surface area contributed by atoms with Crippen LogP contribution in [0.4, 0.5) is 0 Å². The van der Waals surface area contributed by atoms with Gasteiger partial charge >= 0.3 is 0 Å². The van der Waals surface area contributed by atoms with Gasteiger partial charge in [-0.2, -0.15) is 5.10 Å². The van der Waals surface area contributed by atoms with Gasteiger partial charge in [0.2, 0.25) is 0 Å². The number of nitrogens with zero attached hydrogens (tertiary/aromatic N) is 2. The molecule has 0 saturated heterocycles. The first-order valence-corrected chi connectivity index (χ1v) is 5.47. The second-order valence-electron chi connectivity index (χ2n) is 2.56. The summed E-state index contributed by atoms with van der Waals surface area (Å²) in [6.45, 7) is 3.26. The molecule has 2 nitrogen and oxygen atoms in total. The smallest absolute Gasteiger partial charge is 0.0721 e. The van der Waals surface area contributed by atoms with E-state index in [1.165, 1.54) is 18.5 Å². The SMILES string of the molecule is CCCCn1ccc(CI)n1. The Hall–Kier alpha value is -0.0600. The van der Waals surface area contributed by atoms with Crippen molar-refractivity contribution in [1.29, 1.82) is 0 Å². The van der Waals surface area contributed by atoms with Gasteiger partial charge in [-0.3, -0.25) is 4.68 Å². The molecule has 0 bridgehead atoms. The summed E-state index contributed by atoms with van der Waals surface area (Å²) >= 11 is 2.33. The Morgan fingerprint density at radius 3 is 3.00 bits per heavy atom. The number of rotatable bonds is 4. The van der Waals surface area contributed by atoms with Crippen LogP contribution in [0.25, 0.3) is 0 Å². The molecule has 0 N–H and O–H groups in total. The molecule has 0 atom stereocenters. The van der Waals surface area contributed by atoms with Crippen LogP contribution in [-0.4, -0.2) is 9.78 Å². The maximum Gasteiger partial charge on any atom is 0.0721 e. The predicted octanol–water partition coefficient (Wildman–Crippen LogP) is 2.62. The van der Waals surface area contributed by atoms with E-state index in [0.29, 0.717) is 0 Å². The molecule has 0 aliphatic carbocycles. The Morgan fingerprint density at radius 1 is 1.64 bits per heavy atom. The molecular formula is C8H13IN2. The monoisotopic (exact) mass is 264 g/mol. The molecule has 0 radical (unpaired) electrons. The van der Waals surface area contributed by atoms with Crippen LogP contribution in [0, 0.1) is 0 Å². The van der Waals surface area contributed by atoms with Gasteiger partial charge in [0.1, 0.15) is 0 Å². The summed E-state index contributed by atoms with van der Waals surface area (Å²) in [6.07, 6.45) is 4.52. The van der Waals surface area contributed by atoms with Gasteiger partial charge in [0, 0.05) is 17.2 Å². The van der Waals surface area contributed by atoms with E-state index < -0.39 is 0 Å². The highest BCUT2D eigenvalue weighted by molar-refractivity contribution is 14.1. The predicted molar refractivity (Wildman–Crippen MR) is 54.9 cm³/mol. The number of hydrogen-bond donors (Lipinski definition) is 0. The molecule has 0 unspecified atom stereocenters. The largest absolute Gasteiger partial charge is 0.272 e. The van der Waals surface area contributed by atoms with Crippen molar-refractivity contribution in [3.8, 4) is 0 Å². The molecule has 0 amide bonds. The number of hydrogen-bond acceptors (Lipinski definition) is 1. The summed E-state index contributed by atoms with van der Waals surface area (Å²) in [5.41, 5.74) is 1.18. The minimum atomic E-state index is 1.01. The van der Waals surface area contributed by atoms with Crippen molar-refractivity contribution in [2.75, 3.05) is 0 Å². The molecule has 62 valence electrons. The summed E-state index contributed by atoms with van der Waals surface area (Å²) in [6, 6.07) is 2.09. The van der Waals surface area contributed by atoms with E-state index >= 15 is 0 Å². The van der Waals surface area contributed by atoms with Gasteiger partial charge < -0.3 is 0 Å². The first-order chi connectivity index (χ1) is 5.36. The number of aryl methyl sites for hydroxylation is 1.